The highest BCUT2D eigenvalue weighted by atomic mass is 14.0. The summed E-state index contributed by atoms with van der Waals surface area (Å²) >= 11 is 0. The molecule has 12 heavy (non-hydrogen) atoms. The summed E-state index contributed by atoms with van der Waals surface area (Å²) in [5.41, 5.74) is 2.61. The van der Waals surface area contributed by atoms with Crippen LogP contribution in [0, 0.1) is 11.8 Å². The lowest BCUT2D eigenvalue weighted by Crippen LogP contribution is -1.75. The Morgan fingerprint density at radius 3 is 3.00 bits per heavy atom. The number of allylic oxidation sites excluding steroid dienone is 6. The van der Waals surface area contributed by atoms with E-state index in [4.69, 9.17) is 0 Å². The van der Waals surface area contributed by atoms with Gasteiger partial charge in [0, 0.05) is 5.57 Å². The molecule has 1 rings (SSSR count). The molecule has 0 radical (unpaired) electrons. The third-order valence-electron chi connectivity index (χ3n) is 1.89. The van der Waals surface area contributed by atoms with Gasteiger partial charge >= 0.3 is 0 Å². The van der Waals surface area contributed by atoms with Gasteiger partial charge in [-0.15, -0.1) is 5.92 Å². The fourth-order valence-electron chi connectivity index (χ4n) is 1.18. The Bertz CT molecular complexity index is 290. The first kappa shape index (κ1) is 8.87. The maximum absolute atomic E-state index is 3.08. The molecule has 0 spiro atoms. The van der Waals surface area contributed by atoms with Gasteiger partial charge < -0.3 is 0 Å². The highest BCUT2D eigenvalue weighted by Gasteiger charge is 1.94. The molecule has 0 amide bonds. The van der Waals surface area contributed by atoms with Crippen molar-refractivity contribution in [2.75, 3.05) is 0 Å². The molecule has 0 atom stereocenters. The molecule has 0 unspecified atom stereocenters. The van der Waals surface area contributed by atoms with E-state index in [-0.39, 0.29) is 0 Å². The minimum absolute atomic E-state index is 0.983. The van der Waals surface area contributed by atoms with Gasteiger partial charge in [-0.05, 0) is 19.8 Å². The third-order valence-corrected chi connectivity index (χ3v) is 1.89. The van der Waals surface area contributed by atoms with E-state index in [0.29, 0.717) is 0 Å². The predicted octanol–water partition coefficient (Wildman–Crippen LogP) is 3.23. The van der Waals surface area contributed by atoms with Crippen LogP contribution in [0.25, 0.3) is 0 Å². The van der Waals surface area contributed by atoms with Crippen LogP contribution < -0.4 is 0 Å². The van der Waals surface area contributed by atoms with E-state index in [1.165, 1.54) is 11.1 Å². The molecule has 0 aliphatic heterocycles. The molecule has 0 aromatic rings. The van der Waals surface area contributed by atoms with Crippen LogP contribution in [-0.2, 0) is 0 Å². The monoisotopic (exact) mass is 158 g/mol. The quantitative estimate of drug-likeness (QED) is 0.514. The van der Waals surface area contributed by atoms with Crippen LogP contribution in [0.4, 0.5) is 0 Å². The van der Waals surface area contributed by atoms with Crippen molar-refractivity contribution in [3.05, 3.63) is 35.5 Å². The minimum atomic E-state index is 0.983. The van der Waals surface area contributed by atoms with E-state index in [1.807, 2.05) is 6.92 Å². The maximum atomic E-state index is 3.08. The zero-order chi connectivity index (χ0) is 8.81. The van der Waals surface area contributed by atoms with E-state index in [0.717, 1.165) is 12.8 Å². The van der Waals surface area contributed by atoms with Crippen LogP contribution in [-0.4, -0.2) is 0 Å². The van der Waals surface area contributed by atoms with Crippen LogP contribution in [0.5, 0.6) is 0 Å². The smallest absolute Gasteiger partial charge is 0.00580 e. The standard InChI is InChI=1S/C12H14/c1-3-6-12-8-5-7-11(4-2)9-10-12/h5,7-9H,4,10H2,1-2H3. The van der Waals surface area contributed by atoms with Gasteiger partial charge in [0.2, 0.25) is 0 Å². The highest BCUT2D eigenvalue weighted by Crippen LogP contribution is 2.12. The second kappa shape index (κ2) is 4.62. The van der Waals surface area contributed by atoms with Crippen LogP contribution in [0.2, 0.25) is 0 Å². The van der Waals surface area contributed by atoms with Crippen molar-refractivity contribution in [1.82, 2.24) is 0 Å². The average Bonchev–Trinajstić information content (AvgIpc) is 2.31. The first-order valence-corrected chi connectivity index (χ1v) is 4.36. The lowest BCUT2D eigenvalue weighted by molar-refractivity contribution is 1.12. The first-order valence-electron chi connectivity index (χ1n) is 4.36. The SMILES string of the molecule is CC#CC1=CC=CC(CC)=CC1. The Morgan fingerprint density at radius 1 is 1.50 bits per heavy atom. The molecule has 1 aliphatic carbocycles. The molecule has 0 saturated heterocycles. The average molecular weight is 158 g/mol. The summed E-state index contributed by atoms with van der Waals surface area (Å²) in [5, 5.41) is 0. The second-order valence-corrected chi connectivity index (χ2v) is 2.76. The summed E-state index contributed by atoms with van der Waals surface area (Å²) in [5.74, 6) is 6.00. The molecule has 0 aromatic carbocycles. The second-order valence-electron chi connectivity index (χ2n) is 2.76. The predicted molar refractivity (Wildman–Crippen MR) is 53.7 cm³/mol. The maximum Gasteiger partial charge on any atom is 0.00580 e. The highest BCUT2D eigenvalue weighted by molar-refractivity contribution is 5.38. The zero-order valence-corrected chi connectivity index (χ0v) is 7.72. The zero-order valence-electron chi connectivity index (χ0n) is 7.72. The van der Waals surface area contributed by atoms with Crippen LogP contribution in [0.1, 0.15) is 26.7 Å². The van der Waals surface area contributed by atoms with Crippen molar-refractivity contribution >= 4 is 0 Å². The van der Waals surface area contributed by atoms with Gasteiger partial charge in [0.05, 0.1) is 0 Å². The van der Waals surface area contributed by atoms with Gasteiger partial charge in [0.15, 0.2) is 0 Å². The molecule has 0 saturated carbocycles. The van der Waals surface area contributed by atoms with Crippen molar-refractivity contribution in [3.63, 3.8) is 0 Å². The van der Waals surface area contributed by atoms with E-state index >= 15 is 0 Å². The van der Waals surface area contributed by atoms with Gasteiger partial charge in [0.1, 0.15) is 0 Å². The van der Waals surface area contributed by atoms with Crippen molar-refractivity contribution in [1.29, 1.82) is 0 Å². The molecule has 1 aliphatic rings. The first-order chi connectivity index (χ1) is 5.86. The van der Waals surface area contributed by atoms with Crippen LogP contribution >= 0.6 is 0 Å². The summed E-state index contributed by atoms with van der Waals surface area (Å²) < 4.78 is 0. The Morgan fingerprint density at radius 2 is 2.33 bits per heavy atom. The molecule has 0 nitrogen and oxygen atoms in total. The molecular weight excluding hydrogens is 144 g/mol. The molecule has 0 bridgehead atoms. The lowest BCUT2D eigenvalue weighted by atomic mass is 10.1. The fourth-order valence-corrected chi connectivity index (χ4v) is 1.18. The van der Waals surface area contributed by atoms with E-state index in [2.05, 4.69) is 43.1 Å². The summed E-state index contributed by atoms with van der Waals surface area (Å²) in [6.45, 7) is 4.05. The molecule has 0 N–H and O–H groups in total. The molecule has 0 aromatic heterocycles. The number of hydrogen-bond acceptors (Lipinski definition) is 0. The summed E-state index contributed by atoms with van der Waals surface area (Å²) in [4.78, 5) is 0. The Balaban J connectivity index is 2.75. The van der Waals surface area contributed by atoms with Gasteiger partial charge in [-0.2, -0.15) is 0 Å². The summed E-state index contributed by atoms with van der Waals surface area (Å²) in [6.07, 6.45) is 10.7. The van der Waals surface area contributed by atoms with E-state index in [9.17, 15) is 0 Å². The van der Waals surface area contributed by atoms with Gasteiger partial charge in [-0.3, -0.25) is 0 Å². The molecule has 0 heteroatoms. The van der Waals surface area contributed by atoms with Gasteiger partial charge in [0.25, 0.3) is 0 Å². The molecule has 62 valence electrons. The number of hydrogen-bond donors (Lipinski definition) is 0. The van der Waals surface area contributed by atoms with Gasteiger partial charge in [-0.25, -0.2) is 0 Å². The molecular formula is C12H14. The summed E-state index contributed by atoms with van der Waals surface area (Å²) in [7, 11) is 0. The molecule has 0 fully saturated rings. The Hall–Kier alpha value is -1.22. The Labute approximate surface area is 74.7 Å². The van der Waals surface area contributed by atoms with E-state index < -0.39 is 0 Å². The van der Waals surface area contributed by atoms with Crippen molar-refractivity contribution in [2.45, 2.75) is 26.7 Å². The van der Waals surface area contributed by atoms with Crippen molar-refractivity contribution in [2.24, 2.45) is 0 Å². The fraction of sp³-hybridized carbons (Fsp3) is 0.333. The van der Waals surface area contributed by atoms with Crippen LogP contribution in [0.15, 0.2) is 35.5 Å². The topological polar surface area (TPSA) is 0 Å². The normalized spacial score (nSPS) is 15.5. The lowest BCUT2D eigenvalue weighted by Gasteiger charge is -1.93. The van der Waals surface area contributed by atoms with Crippen molar-refractivity contribution in [3.8, 4) is 11.8 Å². The Kier molecular flexibility index (Phi) is 3.41. The van der Waals surface area contributed by atoms with Crippen LogP contribution in [0.3, 0.4) is 0 Å². The molecule has 0 heterocycles. The number of rotatable bonds is 1. The minimum Gasteiger partial charge on any atom is -0.102 e. The summed E-state index contributed by atoms with van der Waals surface area (Å²) in [6, 6.07) is 0. The van der Waals surface area contributed by atoms with Gasteiger partial charge in [-0.1, -0.05) is 42.7 Å². The van der Waals surface area contributed by atoms with Crippen molar-refractivity contribution < 1.29 is 0 Å². The largest absolute Gasteiger partial charge is 0.102 e. The van der Waals surface area contributed by atoms with E-state index in [1.54, 1.807) is 0 Å². The third kappa shape index (κ3) is 2.43.